The molecule has 1 saturated heterocycles. The molecule has 1 aliphatic rings. The van der Waals surface area contributed by atoms with Crippen LogP contribution in [0.2, 0.25) is 0 Å². The number of ether oxygens (including phenoxy) is 1. The zero-order valence-corrected chi connectivity index (χ0v) is 9.19. The predicted octanol–water partition coefficient (Wildman–Crippen LogP) is -0.729. The third-order valence-corrected chi connectivity index (χ3v) is 2.69. The second-order valence-corrected chi connectivity index (χ2v) is 4.44. The highest BCUT2D eigenvalue weighted by Crippen LogP contribution is 2.19. The van der Waals surface area contributed by atoms with E-state index in [-0.39, 0.29) is 31.1 Å². The lowest BCUT2D eigenvalue weighted by atomic mass is 10.0. The van der Waals surface area contributed by atoms with E-state index in [2.05, 4.69) is 5.32 Å². The highest BCUT2D eigenvalue weighted by Gasteiger charge is 2.32. The summed E-state index contributed by atoms with van der Waals surface area (Å²) in [6.45, 7) is 3.38. The number of carbonyl (C=O) groups is 1. The average molecular weight is 217 g/mol. The van der Waals surface area contributed by atoms with E-state index in [1.165, 1.54) is 0 Å². The summed E-state index contributed by atoms with van der Waals surface area (Å²) in [5, 5.41) is 20.7. The van der Waals surface area contributed by atoms with Crippen molar-refractivity contribution in [3.05, 3.63) is 0 Å². The molecular weight excluding hydrogens is 198 g/mol. The Morgan fingerprint density at radius 1 is 1.53 bits per heavy atom. The Morgan fingerprint density at radius 2 is 2.13 bits per heavy atom. The van der Waals surface area contributed by atoms with E-state index < -0.39 is 5.54 Å². The number of hydrogen-bond donors (Lipinski definition) is 3. The summed E-state index contributed by atoms with van der Waals surface area (Å²) in [7, 11) is 0. The summed E-state index contributed by atoms with van der Waals surface area (Å²) in [5.41, 5.74) is -0.942. The third kappa shape index (κ3) is 3.15. The van der Waals surface area contributed by atoms with Crippen molar-refractivity contribution in [2.45, 2.75) is 31.9 Å². The van der Waals surface area contributed by atoms with Crippen molar-refractivity contribution in [1.29, 1.82) is 0 Å². The fourth-order valence-electron chi connectivity index (χ4n) is 1.53. The number of aliphatic hydroxyl groups is 2. The first kappa shape index (κ1) is 12.4. The van der Waals surface area contributed by atoms with Gasteiger partial charge in [-0.25, -0.2) is 0 Å². The fourth-order valence-corrected chi connectivity index (χ4v) is 1.53. The molecular formula is C10H19NO4. The first-order chi connectivity index (χ1) is 7.00. The lowest BCUT2D eigenvalue weighted by molar-refractivity contribution is -0.128. The molecule has 1 heterocycles. The number of nitrogens with one attached hydrogen (secondary N) is 1. The maximum atomic E-state index is 11.7. The Kier molecular flexibility index (Phi) is 4.07. The molecule has 0 aromatic rings. The molecule has 5 nitrogen and oxygen atoms in total. The monoisotopic (exact) mass is 217 g/mol. The third-order valence-electron chi connectivity index (χ3n) is 2.69. The van der Waals surface area contributed by atoms with Crippen LogP contribution in [0.25, 0.3) is 0 Å². The molecule has 15 heavy (non-hydrogen) atoms. The summed E-state index contributed by atoms with van der Waals surface area (Å²) < 4.78 is 5.28. The quantitative estimate of drug-likeness (QED) is 0.580. The Hall–Kier alpha value is -0.650. The van der Waals surface area contributed by atoms with E-state index in [9.17, 15) is 4.79 Å². The van der Waals surface area contributed by atoms with E-state index >= 15 is 0 Å². The maximum Gasteiger partial charge on any atom is 0.226 e. The summed E-state index contributed by atoms with van der Waals surface area (Å²) in [5.74, 6) is -0.331. The summed E-state index contributed by atoms with van der Waals surface area (Å²) in [6.07, 6.45) is 0.800. The van der Waals surface area contributed by atoms with Crippen molar-refractivity contribution in [3.8, 4) is 0 Å². The Balaban J connectivity index is 2.48. The van der Waals surface area contributed by atoms with Crippen molar-refractivity contribution >= 4 is 5.91 Å². The Morgan fingerprint density at radius 3 is 2.53 bits per heavy atom. The van der Waals surface area contributed by atoms with Crippen molar-refractivity contribution in [2.24, 2.45) is 5.92 Å². The van der Waals surface area contributed by atoms with Crippen molar-refractivity contribution in [3.63, 3.8) is 0 Å². The van der Waals surface area contributed by atoms with E-state index in [0.29, 0.717) is 13.0 Å². The minimum Gasteiger partial charge on any atom is -0.394 e. The van der Waals surface area contributed by atoms with Crippen molar-refractivity contribution < 1.29 is 19.7 Å². The van der Waals surface area contributed by atoms with E-state index in [1.54, 1.807) is 6.92 Å². The molecule has 0 aromatic carbocycles. The summed E-state index contributed by atoms with van der Waals surface area (Å²) >= 11 is 0. The van der Waals surface area contributed by atoms with Crippen molar-refractivity contribution in [2.75, 3.05) is 19.8 Å². The van der Waals surface area contributed by atoms with E-state index in [1.807, 2.05) is 6.92 Å². The van der Waals surface area contributed by atoms with Gasteiger partial charge in [-0.15, -0.1) is 0 Å². The minimum absolute atomic E-state index is 0.107. The zero-order valence-electron chi connectivity index (χ0n) is 9.19. The molecule has 1 aliphatic heterocycles. The lowest BCUT2D eigenvalue weighted by Gasteiger charge is -2.27. The van der Waals surface area contributed by atoms with Crippen LogP contribution in [0.15, 0.2) is 0 Å². The largest absolute Gasteiger partial charge is 0.394 e. The van der Waals surface area contributed by atoms with Gasteiger partial charge in [0.25, 0.3) is 0 Å². The Bertz CT molecular complexity index is 227. The zero-order chi connectivity index (χ0) is 11.5. The van der Waals surface area contributed by atoms with Gasteiger partial charge in [-0.2, -0.15) is 0 Å². The number of rotatable bonds is 4. The van der Waals surface area contributed by atoms with Gasteiger partial charge in [-0.1, -0.05) is 0 Å². The van der Waals surface area contributed by atoms with Gasteiger partial charge in [-0.3, -0.25) is 4.79 Å². The van der Waals surface area contributed by atoms with Crippen LogP contribution in [0, 0.1) is 5.92 Å². The Labute approximate surface area is 89.4 Å². The molecule has 2 atom stereocenters. The molecule has 0 spiro atoms. The lowest BCUT2D eigenvalue weighted by Crippen LogP contribution is -2.53. The first-order valence-corrected chi connectivity index (χ1v) is 5.16. The number of carbonyl (C=O) groups excluding carboxylic acids is 1. The second kappa shape index (κ2) is 4.92. The number of aliphatic hydroxyl groups excluding tert-OH is 2. The standard InChI is InChI=1S/C10H19NO4/c1-7-3-8(4-15-7)9(14)11-10(2,5-12)6-13/h7-8,12-13H,3-6H2,1-2H3,(H,11,14). The molecule has 0 aromatic heterocycles. The van der Waals surface area contributed by atoms with Crippen LogP contribution in [-0.2, 0) is 9.53 Å². The molecule has 3 N–H and O–H groups in total. The molecule has 0 bridgehead atoms. The predicted molar refractivity (Wildman–Crippen MR) is 54.2 cm³/mol. The number of amides is 1. The minimum atomic E-state index is -0.942. The van der Waals surface area contributed by atoms with Gasteiger partial charge in [0, 0.05) is 0 Å². The molecule has 1 amide bonds. The molecule has 0 radical (unpaired) electrons. The van der Waals surface area contributed by atoms with Gasteiger partial charge < -0.3 is 20.3 Å². The number of hydrogen-bond acceptors (Lipinski definition) is 4. The first-order valence-electron chi connectivity index (χ1n) is 5.16. The van der Waals surface area contributed by atoms with Crippen molar-refractivity contribution in [1.82, 2.24) is 5.32 Å². The van der Waals surface area contributed by atoms with E-state index in [4.69, 9.17) is 14.9 Å². The van der Waals surface area contributed by atoms with E-state index in [0.717, 1.165) is 0 Å². The van der Waals surface area contributed by atoms with Gasteiger partial charge in [0.15, 0.2) is 0 Å². The van der Waals surface area contributed by atoms with Gasteiger partial charge in [0.2, 0.25) is 5.91 Å². The molecule has 1 rings (SSSR count). The van der Waals surface area contributed by atoms with Crippen LogP contribution in [0.4, 0.5) is 0 Å². The highest BCUT2D eigenvalue weighted by atomic mass is 16.5. The fraction of sp³-hybridized carbons (Fsp3) is 0.900. The molecule has 5 heteroatoms. The topological polar surface area (TPSA) is 78.8 Å². The van der Waals surface area contributed by atoms with Crippen LogP contribution < -0.4 is 5.32 Å². The molecule has 2 unspecified atom stereocenters. The van der Waals surface area contributed by atoms with Gasteiger partial charge in [-0.05, 0) is 20.3 Å². The highest BCUT2D eigenvalue weighted by molar-refractivity contribution is 5.79. The van der Waals surface area contributed by atoms with Gasteiger partial charge in [0.05, 0.1) is 37.4 Å². The second-order valence-electron chi connectivity index (χ2n) is 4.44. The van der Waals surface area contributed by atoms with Gasteiger partial charge >= 0.3 is 0 Å². The SMILES string of the molecule is CC1CC(C(=O)NC(C)(CO)CO)CO1. The average Bonchev–Trinajstić information content (AvgIpc) is 2.65. The van der Waals surface area contributed by atoms with Crippen LogP contribution >= 0.6 is 0 Å². The smallest absolute Gasteiger partial charge is 0.226 e. The summed E-state index contributed by atoms with van der Waals surface area (Å²) in [4.78, 5) is 11.7. The molecule has 1 fully saturated rings. The van der Waals surface area contributed by atoms with Crippen LogP contribution in [-0.4, -0.2) is 47.6 Å². The van der Waals surface area contributed by atoms with Crippen LogP contribution in [0.3, 0.4) is 0 Å². The van der Waals surface area contributed by atoms with Gasteiger partial charge in [0.1, 0.15) is 0 Å². The normalized spacial score (nSPS) is 26.7. The molecule has 88 valence electrons. The summed E-state index contributed by atoms with van der Waals surface area (Å²) in [6, 6.07) is 0. The maximum absolute atomic E-state index is 11.7. The van der Waals surface area contributed by atoms with Crippen LogP contribution in [0.5, 0.6) is 0 Å². The van der Waals surface area contributed by atoms with Crippen LogP contribution in [0.1, 0.15) is 20.3 Å². The molecule has 0 saturated carbocycles. The molecule has 0 aliphatic carbocycles.